The van der Waals surface area contributed by atoms with Gasteiger partial charge in [-0.1, -0.05) is 29.3 Å². The maximum atomic E-state index is 6.06. The Morgan fingerprint density at radius 3 is 2.50 bits per heavy atom. The Labute approximate surface area is 112 Å². The van der Waals surface area contributed by atoms with E-state index in [1.807, 2.05) is 17.0 Å². The van der Waals surface area contributed by atoms with Gasteiger partial charge < -0.3 is 10.2 Å². The molecule has 0 aliphatic carbocycles. The molecule has 0 amide bonds. The third-order valence-electron chi connectivity index (χ3n) is 2.24. The first kappa shape index (κ1) is 13.6. The van der Waals surface area contributed by atoms with Gasteiger partial charge in [-0.25, -0.2) is 0 Å². The molecule has 0 radical (unpaired) electrons. The van der Waals surface area contributed by atoms with E-state index >= 15 is 0 Å². The highest BCUT2D eigenvalue weighted by Crippen LogP contribution is 2.29. The second-order valence-electron chi connectivity index (χ2n) is 3.20. The van der Waals surface area contributed by atoms with Crippen LogP contribution in [0.15, 0.2) is 18.2 Å². The van der Waals surface area contributed by atoms with Crippen molar-refractivity contribution in [3.05, 3.63) is 28.2 Å². The van der Waals surface area contributed by atoms with Crippen LogP contribution in [-0.4, -0.2) is 23.1 Å². The van der Waals surface area contributed by atoms with Crippen molar-refractivity contribution in [2.45, 2.75) is 13.8 Å². The van der Waals surface area contributed by atoms with Crippen LogP contribution < -0.4 is 5.32 Å². The normalized spacial score (nSPS) is 10.0. The molecule has 0 aliphatic heterocycles. The van der Waals surface area contributed by atoms with Crippen LogP contribution >= 0.6 is 35.4 Å². The number of rotatable bonds is 3. The van der Waals surface area contributed by atoms with Gasteiger partial charge in [-0.3, -0.25) is 0 Å². The maximum absolute atomic E-state index is 6.06. The molecule has 0 bridgehead atoms. The lowest BCUT2D eigenvalue weighted by atomic mass is 10.3. The number of nitrogens with zero attached hydrogens (tertiary/aromatic N) is 1. The predicted molar refractivity (Wildman–Crippen MR) is 75.6 cm³/mol. The highest BCUT2D eigenvalue weighted by atomic mass is 35.5. The summed E-state index contributed by atoms with van der Waals surface area (Å²) in [7, 11) is 0. The average molecular weight is 277 g/mol. The van der Waals surface area contributed by atoms with E-state index in [1.165, 1.54) is 0 Å². The molecule has 16 heavy (non-hydrogen) atoms. The summed E-state index contributed by atoms with van der Waals surface area (Å²) < 4.78 is 0. The van der Waals surface area contributed by atoms with Gasteiger partial charge in [-0.15, -0.1) is 0 Å². The standard InChI is InChI=1S/C11H14Cl2N2S/c1-3-15(4-2)11(16)14-9-7-5-6-8(12)10(9)13/h5-7H,3-4H2,1-2H3,(H,14,16). The molecule has 0 atom stereocenters. The predicted octanol–water partition coefficient (Wildman–Crippen LogP) is 4.03. The molecule has 0 spiro atoms. The van der Waals surface area contributed by atoms with Crippen molar-refractivity contribution in [1.29, 1.82) is 0 Å². The fraction of sp³-hybridized carbons (Fsp3) is 0.364. The summed E-state index contributed by atoms with van der Waals surface area (Å²) in [5, 5.41) is 4.78. The Balaban J connectivity index is 2.80. The molecule has 0 heterocycles. The number of halogens is 2. The van der Waals surface area contributed by atoms with Crippen molar-refractivity contribution < 1.29 is 0 Å². The Morgan fingerprint density at radius 2 is 1.94 bits per heavy atom. The molecule has 0 saturated carbocycles. The zero-order valence-corrected chi connectivity index (χ0v) is 11.6. The molecule has 0 fully saturated rings. The number of benzene rings is 1. The van der Waals surface area contributed by atoms with Gasteiger partial charge in [0.1, 0.15) is 0 Å². The Bertz CT molecular complexity index is 378. The monoisotopic (exact) mass is 276 g/mol. The van der Waals surface area contributed by atoms with Gasteiger partial charge in [0.15, 0.2) is 5.11 Å². The lowest BCUT2D eigenvalue weighted by Crippen LogP contribution is -2.34. The van der Waals surface area contributed by atoms with Gasteiger partial charge in [-0.2, -0.15) is 0 Å². The lowest BCUT2D eigenvalue weighted by molar-refractivity contribution is 0.473. The second-order valence-corrected chi connectivity index (χ2v) is 4.38. The molecule has 0 aliphatic rings. The Morgan fingerprint density at radius 1 is 1.31 bits per heavy atom. The van der Waals surface area contributed by atoms with Crippen LogP contribution in [0.2, 0.25) is 10.0 Å². The van der Waals surface area contributed by atoms with Gasteiger partial charge in [0.2, 0.25) is 0 Å². The van der Waals surface area contributed by atoms with Crippen LogP contribution in [0.3, 0.4) is 0 Å². The molecule has 1 N–H and O–H groups in total. The minimum Gasteiger partial charge on any atom is -0.350 e. The minimum atomic E-state index is 0.499. The molecule has 0 unspecified atom stereocenters. The Hall–Kier alpha value is -0.510. The maximum Gasteiger partial charge on any atom is 0.173 e. The third kappa shape index (κ3) is 3.24. The smallest absolute Gasteiger partial charge is 0.173 e. The number of hydrogen-bond acceptors (Lipinski definition) is 1. The molecule has 2 nitrogen and oxygen atoms in total. The van der Waals surface area contributed by atoms with Crippen molar-refractivity contribution in [3.63, 3.8) is 0 Å². The van der Waals surface area contributed by atoms with E-state index in [4.69, 9.17) is 35.4 Å². The lowest BCUT2D eigenvalue weighted by Gasteiger charge is -2.23. The number of nitrogens with one attached hydrogen (secondary N) is 1. The van der Waals surface area contributed by atoms with Gasteiger partial charge in [0.25, 0.3) is 0 Å². The summed E-state index contributed by atoms with van der Waals surface area (Å²) in [6, 6.07) is 5.43. The van der Waals surface area contributed by atoms with Crippen molar-refractivity contribution in [2.75, 3.05) is 18.4 Å². The van der Waals surface area contributed by atoms with Crippen LogP contribution in [-0.2, 0) is 0 Å². The SMILES string of the molecule is CCN(CC)C(=S)Nc1cccc(Cl)c1Cl. The number of anilines is 1. The van der Waals surface area contributed by atoms with Crippen LogP contribution in [0.25, 0.3) is 0 Å². The summed E-state index contributed by atoms with van der Waals surface area (Å²) in [5.74, 6) is 0. The molecule has 1 rings (SSSR count). The zero-order valence-electron chi connectivity index (χ0n) is 9.26. The first-order valence-corrected chi connectivity index (χ1v) is 6.26. The number of thiocarbonyl (C=S) groups is 1. The summed E-state index contributed by atoms with van der Waals surface area (Å²) >= 11 is 17.2. The van der Waals surface area contributed by atoms with Crippen molar-refractivity contribution in [2.24, 2.45) is 0 Å². The van der Waals surface area contributed by atoms with E-state index in [9.17, 15) is 0 Å². The molecule has 5 heteroatoms. The fourth-order valence-electron chi connectivity index (χ4n) is 1.31. The molecule has 0 aromatic heterocycles. The first-order valence-electron chi connectivity index (χ1n) is 5.10. The van der Waals surface area contributed by atoms with Gasteiger partial charge in [0, 0.05) is 13.1 Å². The van der Waals surface area contributed by atoms with Crippen LogP contribution in [0.4, 0.5) is 5.69 Å². The largest absolute Gasteiger partial charge is 0.350 e. The third-order valence-corrected chi connectivity index (χ3v) is 3.42. The van der Waals surface area contributed by atoms with E-state index in [-0.39, 0.29) is 0 Å². The summed E-state index contributed by atoms with van der Waals surface area (Å²) in [6.07, 6.45) is 0. The molecular formula is C11H14Cl2N2S. The van der Waals surface area contributed by atoms with E-state index in [0.29, 0.717) is 15.2 Å². The van der Waals surface area contributed by atoms with E-state index in [0.717, 1.165) is 18.8 Å². The van der Waals surface area contributed by atoms with Crippen LogP contribution in [0.5, 0.6) is 0 Å². The molecule has 88 valence electrons. The van der Waals surface area contributed by atoms with Crippen LogP contribution in [0, 0.1) is 0 Å². The summed E-state index contributed by atoms with van der Waals surface area (Å²) in [6.45, 7) is 5.83. The van der Waals surface area contributed by atoms with E-state index in [1.54, 1.807) is 6.07 Å². The highest BCUT2D eigenvalue weighted by molar-refractivity contribution is 7.80. The molecular weight excluding hydrogens is 263 g/mol. The Kier molecular flexibility index (Phi) is 5.32. The summed E-state index contributed by atoms with van der Waals surface area (Å²) in [5.41, 5.74) is 0.742. The highest BCUT2D eigenvalue weighted by Gasteiger charge is 2.09. The van der Waals surface area contributed by atoms with Gasteiger partial charge >= 0.3 is 0 Å². The van der Waals surface area contributed by atoms with Gasteiger partial charge in [-0.05, 0) is 38.2 Å². The molecule has 1 aromatic rings. The minimum absolute atomic E-state index is 0.499. The van der Waals surface area contributed by atoms with E-state index in [2.05, 4.69) is 19.2 Å². The number of hydrogen-bond donors (Lipinski definition) is 1. The fourth-order valence-corrected chi connectivity index (χ4v) is 2.02. The van der Waals surface area contributed by atoms with Crippen molar-refractivity contribution >= 4 is 46.2 Å². The molecule has 1 aromatic carbocycles. The first-order chi connectivity index (χ1) is 7.60. The topological polar surface area (TPSA) is 15.3 Å². The average Bonchev–Trinajstić information content (AvgIpc) is 2.26. The molecule has 0 saturated heterocycles. The van der Waals surface area contributed by atoms with E-state index < -0.39 is 0 Å². The zero-order chi connectivity index (χ0) is 12.1. The quantitative estimate of drug-likeness (QED) is 0.840. The van der Waals surface area contributed by atoms with Crippen molar-refractivity contribution in [3.8, 4) is 0 Å². The van der Waals surface area contributed by atoms with Crippen molar-refractivity contribution in [1.82, 2.24) is 4.90 Å². The van der Waals surface area contributed by atoms with Crippen LogP contribution in [0.1, 0.15) is 13.8 Å². The second kappa shape index (κ2) is 6.28. The van der Waals surface area contributed by atoms with Gasteiger partial charge in [0.05, 0.1) is 15.7 Å². The summed E-state index contributed by atoms with van der Waals surface area (Å²) in [4.78, 5) is 2.03.